The fraction of sp³-hybridized carbons (Fsp3) is 0.500. The number of aryl methyl sites for hydroxylation is 2. The van der Waals surface area contributed by atoms with Crippen molar-refractivity contribution < 1.29 is 14.2 Å². The lowest BCUT2D eigenvalue weighted by Crippen LogP contribution is -2.37. The first kappa shape index (κ1) is 21.4. The Labute approximate surface area is 166 Å². The van der Waals surface area contributed by atoms with Crippen molar-refractivity contribution in [3.05, 3.63) is 34.6 Å². The Kier molecular flexibility index (Phi) is 7.54. The SMILES string of the molecule is CCNC(=NCc1cc(OC)c(OC)cc1OC)NCc1c(C)nn(C)c1C. The van der Waals surface area contributed by atoms with Gasteiger partial charge in [0.25, 0.3) is 0 Å². The Balaban J connectivity index is 2.20. The molecule has 0 amide bonds. The van der Waals surface area contributed by atoms with E-state index in [2.05, 4.69) is 22.7 Å². The number of ether oxygens (including phenoxy) is 3. The molecule has 2 rings (SSSR count). The van der Waals surface area contributed by atoms with E-state index in [1.54, 1.807) is 21.3 Å². The largest absolute Gasteiger partial charge is 0.496 e. The van der Waals surface area contributed by atoms with Crippen LogP contribution in [0, 0.1) is 13.8 Å². The van der Waals surface area contributed by atoms with Crippen LogP contribution in [0.1, 0.15) is 29.4 Å². The molecule has 0 aliphatic heterocycles. The molecule has 2 aromatic rings. The lowest BCUT2D eigenvalue weighted by molar-refractivity contribution is 0.347. The summed E-state index contributed by atoms with van der Waals surface area (Å²) in [6.07, 6.45) is 0. The van der Waals surface area contributed by atoms with E-state index in [4.69, 9.17) is 19.2 Å². The number of hydrogen-bond acceptors (Lipinski definition) is 5. The number of nitrogens with zero attached hydrogens (tertiary/aromatic N) is 3. The highest BCUT2D eigenvalue weighted by Gasteiger charge is 2.13. The third-order valence-electron chi connectivity index (χ3n) is 4.63. The van der Waals surface area contributed by atoms with Gasteiger partial charge in [-0.1, -0.05) is 0 Å². The fourth-order valence-electron chi connectivity index (χ4n) is 2.97. The molecule has 8 nitrogen and oxygen atoms in total. The van der Waals surface area contributed by atoms with Crippen LogP contribution in [-0.2, 0) is 20.1 Å². The molecule has 2 N–H and O–H groups in total. The zero-order valence-corrected chi connectivity index (χ0v) is 17.8. The Morgan fingerprint density at radius 3 is 2.21 bits per heavy atom. The van der Waals surface area contributed by atoms with Crippen molar-refractivity contribution in [3.63, 3.8) is 0 Å². The summed E-state index contributed by atoms with van der Waals surface area (Å²) in [5.41, 5.74) is 4.25. The van der Waals surface area contributed by atoms with E-state index in [-0.39, 0.29) is 0 Å². The van der Waals surface area contributed by atoms with Crippen LogP contribution in [-0.4, -0.2) is 43.6 Å². The minimum atomic E-state index is 0.434. The summed E-state index contributed by atoms with van der Waals surface area (Å²) < 4.78 is 18.1. The second-order valence-corrected chi connectivity index (χ2v) is 6.34. The van der Waals surface area contributed by atoms with Gasteiger partial charge in [-0.05, 0) is 26.8 Å². The molecular weight excluding hydrogens is 358 g/mol. The van der Waals surface area contributed by atoms with E-state index in [1.165, 1.54) is 5.56 Å². The number of guanidine groups is 1. The highest BCUT2D eigenvalue weighted by Crippen LogP contribution is 2.34. The normalized spacial score (nSPS) is 11.3. The molecule has 1 aromatic heterocycles. The lowest BCUT2D eigenvalue weighted by Gasteiger charge is -2.14. The van der Waals surface area contributed by atoms with Crippen molar-refractivity contribution in [2.45, 2.75) is 33.9 Å². The quantitative estimate of drug-likeness (QED) is 0.533. The van der Waals surface area contributed by atoms with Gasteiger partial charge in [0.2, 0.25) is 0 Å². The molecule has 0 unspecified atom stereocenters. The summed E-state index contributed by atoms with van der Waals surface area (Å²) in [4.78, 5) is 4.70. The van der Waals surface area contributed by atoms with Crippen molar-refractivity contribution in [2.75, 3.05) is 27.9 Å². The van der Waals surface area contributed by atoms with Gasteiger partial charge in [0.1, 0.15) is 5.75 Å². The van der Waals surface area contributed by atoms with Gasteiger partial charge in [-0.2, -0.15) is 5.10 Å². The number of aromatic nitrogens is 2. The zero-order valence-electron chi connectivity index (χ0n) is 17.8. The molecule has 8 heteroatoms. The maximum absolute atomic E-state index is 5.49. The summed E-state index contributed by atoms with van der Waals surface area (Å²) in [6.45, 7) is 7.97. The van der Waals surface area contributed by atoms with Gasteiger partial charge in [0, 0.05) is 43.0 Å². The molecule has 0 fully saturated rings. The highest BCUT2D eigenvalue weighted by atomic mass is 16.5. The molecule has 0 atom stereocenters. The molecule has 0 bridgehead atoms. The number of aliphatic imine (C=N–C) groups is 1. The Morgan fingerprint density at radius 2 is 1.68 bits per heavy atom. The number of benzene rings is 1. The smallest absolute Gasteiger partial charge is 0.191 e. The summed E-state index contributed by atoms with van der Waals surface area (Å²) >= 11 is 0. The van der Waals surface area contributed by atoms with E-state index >= 15 is 0 Å². The number of methoxy groups -OCH3 is 3. The highest BCUT2D eigenvalue weighted by molar-refractivity contribution is 5.79. The first-order chi connectivity index (χ1) is 13.4. The summed E-state index contributed by atoms with van der Waals surface area (Å²) in [5, 5.41) is 11.1. The van der Waals surface area contributed by atoms with E-state index < -0.39 is 0 Å². The summed E-state index contributed by atoms with van der Waals surface area (Å²) in [7, 11) is 6.80. The van der Waals surface area contributed by atoms with Gasteiger partial charge >= 0.3 is 0 Å². The van der Waals surface area contributed by atoms with Crippen molar-refractivity contribution in [1.82, 2.24) is 20.4 Å². The first-order valence-corrected chi connectivity index (χ1v) is 9.25. The van der Waals surface area contributed by atoms with E-state index in [0.717, 1.165) is 29.5 Å². The molecule has 1 heterocycles. The number of nitrogens with one attached hydrogen (secondary N) is 2. The topological polar surface area (TPSA) is 81.9 Å². The average Bonchev–Trinajstić information content (AvgIpc) is 2.94. The Bertz CT molecular complexity index is 830. The van der Waals surface area contributed by atoms with Crippen LogP contribution in [0.3, 0.4) is 0 Å². The molecule has 0 saturated heterocycles. The van der Waals surface area contributed by atoms with E-state index in [9.17, 15) is 0 Å². The predicted octanol–water partition coefficient (Wildman–Crippen LogP) is 2.32. The monoisotopic (exact) mass is 389 g/mol. The van der Waals surface area contributed by atoms with Crippen LogP contribution >= 0.6 is 0 Å². The first-order valence-electron chi connectivity index (χ1n) is 9.25. The second-order valence-electron chi connectivity index (χ2n) is 6.34. The van der Waals surface area contributed by atoms with Gasteiger partial charge in [0.05, 0.1) is 33.6 Å². The van der Waals surface area contributed by atoms with E-state index in [0.29, 0.717) is 30.3 Å². The van der Waals surface area contributed by atoms with Crippen LogP contribution in [0.25, 0.3) is 0 Å². The average molecular weight is 390 g/mol. The van der Waals surface area contributed by atoms with Gasteiger partial charge in [-0.15, -0.1) is 0 Å². The molecular formula is C20H31N5O3. The Hall–Kier alpha value is -2.90. The third kappa shape index (κ3) is 4.88. The number of rotatable bonds is 8. The minimum Gasteiger partial charge on any atom is -0.496 e. The molecule has 0 aliphatic rings. The van der Waals surface area contributed by atoms with Crippen LogP contribution in [0.5, 0.6) is 17.2 Å². The summed E-state index contributed by atoms with van der Waals surface area (Å²) in [5.74, 6) is 2.70. The zero-order chi connectivity index (χ0) is 20.7. The number of hydrogen-bond donors (Lipinski definition) is 2. The van der Waals surface area contributed by atoms with Gasteiger partial charge < -0.3 is 24.8 Å². The maximum Gasteiger partial charge on any atom is 0.191 e. The van der Waals surface area contributed by atoms with Crippen molar-refractivity contribution in [2.24, 2.45) is 12.0 Å². The maximum atomic E-state index is 5.49. The van der Waals surface area contributed by atoms with Crippen molar-refractivity contribution in [3.8, 4) is 17.2 Å². The fourth-order valence-corrected chi connectivity index (χ4v) is 2.97. The summed E-state index contributed by atoms with van der Waals surface area (Å²) in [6, 6.07) is 3.70. The minimum absolute atomic E-state index is 0.434. The molecule has 0 saturated carbocycles. The predicted molar refractivity (Wildman–Crippen MR) is 110 cm³/mol. The molecule has 0 radical (unpaired) electrons. The van der Waals surface area contributed by atoms with E-state index in [1.807, 2.05) is 37.7 Å². The second kappa shape index (κ2) is 9.87. The van der Waals surface area contributed by atoms with Crippen LogP contribution in [0.4, 0.5) is 0 Å². The van der Waals surface area contributed by atoms with Gasteiger partial charge in [-0.3, -0.25) is 4.68 Å². The van der Waals surface area contributed by atoms with Crippen LogP contribution < -0.4 is 24.8 Å². The van der Waals surface area contributed by atoms with Crippen molar-refractivity contribution in [1.29, 1.82) is 0 Å². The molecule has 28 heavy (non-hydrogen) atoms. The molecule has 1 aromatic carbocycles. The third-order valence-corrected chi connectivity index (χ3v) is 4.63. The van der Waals surface area contributed by atoms with Gasteiger partial charge in [0.15, 0.2) is 17.5 Å². The van der Waals surface area contributed by atoms with Crippen LogP contribution in [0.2, 0.25) is 0 Å². The van der Waals surface area contributed by atoms with Crippen LogP contribution in [0.15, 0.2) is 17.1 Å². The Morgan fingerprint density at radius 1 is 1.04 bits per heavy atom. The van der Waals surface area contributed by atoms with Gasteiger partial charge in [-0.25, -0.2) is 4.99 Å². The standard InChI is InChI=1S/C20H31N5O3/c1-8-21-20(23-12-16-13(2)24-25(4)14(16)3)22-11-15-9-18(27-6)19(28-7)10-17(15)26-5/h9-10H,8,11-12H2,1-7H3,(H2,21,22,23). The molecule has 0 aliphatic carbocycles. The lowest BCUT2D eigenvalue weighted by atomic mass is 10.1. The molecule has 154 valence electrons. The molecule has 0 spiro atoms. The van der Waals surface area contributed by atoms with Crippen molar-refractivity contribution >= 4 is 5.96 Å².